The molecule has 3 amide bonds. The number of aromatic nitrogens is 1. The fraction of sp³-hybridized carbons (Fsp3) is 0.512. The predicted molar refractivity (Wildman–Crippen MR) is 205 cm³/mol. The van der Waals surface area contributed by atoms with Crippen LogP contribution in [0.2, 0.25) is 0 Å². The number of pyridine rings is 1. The first-order valence-electron chi connectivity index (χ1n) is 19.7. The molecule has 11 nitrogen and oxygen atoms in total. The van der Waals surface area contributed by atoms with Crippen LogP contribution in [-0.4, -0.2) is 89.5 Å². The van der Waals surface area contributed by atoms with Crippen LogP contribution in [-0.2, 0) is 23.9 Å². The number of allylic oxidation sites excluding steroid dienone is 1. The van der Waals surface area contributed by atoms with Gasteiger partial charge in [0.25, 0.3) is 0 Å². The average molecular weight is 737 g/mol. The van der Waals surface area contributed by atoms with Crippen LogP contribution in [0.5, 0.6) is 11.5 Å². The minimum absolute atomic E-state index is 0.00536. The van der Waals surface area contributed by atoms with E-state index in [0.29, 0.717) is 42.9 Å². The molecule has 54 heavy (non-hydrogen) atoms. The lowest BCUT2D eigenvalue weighted by Crippen LogP contribution is -2.54. The molecule has 0 unspecified atom stereocenters. The molecule has 0 radical (unpaired) electrons. The molecule has 1 N–H and O–H groups in total. The Balaban J connectivity index is 1.20. The van der Waals surface area contributed by atoms with Gasteiger partial charge in [-0.05, 0) is 64.0 Å². The van der Waals surface area contributed by atoms with Crippen molar-refractivity contribution in [3.05, 3.63) is 66.7 Å². The highest BCUT2D eigenvalue weighted by Crippen LogP contribution is 2.46. The molecule has 0 bridgehead atoms. The molecule has 2 saturated heterocycles. The van der Waals surface area contributed by atoms with Crippen molar-refractivity contribution in [2.24, 2.45) is 11.8 Å². The minimum atomic E-state index is -1.17. The van der Waals surface area contributed by atoms with Crippen molar-refractivity contribution in [2.75, 3.05) is 33.4 Å². The van der Waals surface area contributed by atoms with Gasteiger partial charge in [-0.15, -0.1) is 0 Å². The number of rotatable bonds is 8. The van der Waals surface area contributed by atoms with E-state index < -0.39 is 35.5 Å². The smallest absolute Gasteiger partial charge is 0.332 e. The summed E-state index contributed by atoms with van der Waals surface area (Å²) in [5, 5.41) is 3.83. The summed E-state index contributed by atoms with van der Waals surface area (Å²) >= 11 is 0. The summed E-state index contributed by atoms with van der Waals surface area (Å²) in [6.07, 6.45) is 11.4. The molecular formula is C43H52N4O7. The molecule has 11 heteroatoms. The fourth-order valence-corrected chi connectivity index (χ4v) is 8.35. The van der Waals surface area contributed by atoms with Crippen LogP contribution in [0.25, 0.3) is 22.2 Å². The number of hydrogen-bond donors (Lipinski definition) is 1. The van der Waals surface area contributed by atoms with Crippen molar-refractivity contribution in [3.8, 4) is 22.8 Å². The van der Waals surface area contributed by atoms with E-state index in [-0.39, 0.29) is 43.7 Å². The Morgan fingerprint density at radius 1 is 0.981 bits per heavy atom. The number of nitrogens with zero attached hydrogens (tertiary/aromatic N) is 3. The van der Waals surface area contributed by atoms with Crippen LogP contribution in [0, 0.1) is 11.8 Å². The number of likely N-dealkylation sites (tertiary alicyclic amines) is 1. The SMILES string of the molecule is CCOC(=O)[C@@]12C[C@H]1C=CCCCCC[C@H](CC(=O)N1CCCCC1)C(=O)N1C[C@H](Oc3cc(OC)cc4nc(-c5ccccc5)ccc34)C[C@H]1C(=O)N2. The molecule has 5 atom stereocenters. The minimum Gasteiger partial charge on any atom is -0.497 e. The van der Waals surface area contributed by atoms with E-state index in [1.54, 1.807) is 25.0 Å². The van der Waals surface area contributed by atoms with Gasteiger partial charge < -0.3 is 29.3 Å². The second kappa shape index (κ2) is 16.6. The van der Waals surface area contributed by atoms with Gasteiger partial charge >= 0.3 is 5.97 Å². The number of fused-ring (bicyclic) bond motifs is 3. The number of piperidine rings is 1. The highest BCUT2D eigenvalue weighted by atomic mass is 16.5. The van der Waals surface area contributed by atoms with E-state index in [2.05, 4.69) is 11.4 Å². The van der Waals surface area contributed by atoms with E-state index in [0.717, 1.165) is 61.6 Å². The van der Waals surface area contributed by atoms with Gasteiger partial charge in [-0.1, -0.05) is 55.3 Å². The number of benzene rings is 2. The third-order valence-corrected chi connectivity index (χ3v) is 11.5. The van der Waals surface area contributed by atoms with Crippen LogP contribution in [0.15, 0.2) is 66.7 Å². The van der Waals surface area contributed by atoms with Crippen molar-refractivity contribution >= 4 is 34.6 Å². The molecule has 0 spiro atoms. The van der Waals surface area contributed by atoms with Gasteiger partial charge in [0.05, 0.1) is 31.5 Å². The molecule has 7 rings (SSSR count). The average Bonchev–Trinajstić information content (AvgIpc) is 3.73. The molecule has 1 aliphatic carbocycles. The molecule has 4 heterocycles. The van der Waals surface area contributed by atoms with Crippen molar-refractivity contribution in [2.45, 2.75) is 95.2 Å². The normalized spacial score (nSPS) is 26.2. The standard InChI is InChI=1S/C43H52N4O7/c1-3-53-42(51)43-27-31(43)18-12-6-4-5-9-17-30(23-39(48)46-21-13-8-14-22-46)41(50)47-28-33(25-37(47)40(49)45-43)54-38-26-32(52-2)24-36-34(38)19-20-35(44-36)29-15-10-7-11-16-29/h7,10-12,15-16,18-20,24,26,30-31,33,37H,3-6,8-9,13-14,17,21-23,25,27-28H2,1-2H3,(H,45,49)/t30-,31-,33-,37+,43-/m1/s1. The number of esters is 1. The zero-order valence-electron chi connectivity index (χ0n) is 31.5. The Bertz CT molecular complexity index is 1880. The summed E-state index contributed by atoms with van der Waals surface area (Å²) < 4.78 is 17.8. The molecule has 3 aromatic rings. The number of ether oxygens (including phenoxy) is 3. The number of carbonyl (C=O) groups excluding carboxylic acids is 4. The van der Waals surface area contributed by atoms with Gasteiger partial charge in [0, 0.05) is 60.8 Å². The number of hydrogen-bond acceptors (Lipinski definition) is 8. The van der Waals surface area contributed by atoms with Crippen molar-refractivity contribution in [1.82, 2.24) is 20.1 Å². The van der Waals surface area contributed by atoms with Gasteiger partial charge in [-0.2, -0.15) is 0 Å². The largest absolute Gasteiger partial charge is 0.497 e. The lowest BCUT2D eigenvalue weighted by molar-refractivity contribution is -0.150. The van der Waals surface area contributed by atoms with Crippen molar-refractivity contribution < 1.29 is 33.4 Å². The molecule has 4 aliphatic rings. The van der Waals surface area contributed by atoms with Crippen LogP contribution in [0.3, 0.4) is 0 Å². The van der Waals surface area contributed by atoms with Gasteiger partial charge in [0.1, 0.15) is 29.2 Å². The van der Waals surface area contributed by atoms with E-state index in [1.807, 2.05) is 59.5 Å². The second-order valence-electron chi connectivity index (χ2n) is 15.1. The van der Waals surface area contributed by atoms with Gasteiger partial charge in [0.15, 0.2) is 0 Å². The number of amides is 3. The highest BCUT2D eigenvalue weighted by Gasteiger charge is 2.62. The Morgan fingerprint density at radius 2 is 1.78 bits per heavy atom. The van der Waals surface area contributed by atoms with Crippen LogP contribution >= 0.6 is 0 Å². The third kappa shape index (κ3) is 8.10. The van der Waals surface area contributed by atoms with Gasteiger partial charge in [-0.25, -0.2) is 9.78 Å². The Kier molecular flexibility index (Phi) is 11.5. The zero-order valence-corrected chi connectivity index (χ0v) is 31.5. The van der Waals surface area contributed by atoms with Gasteiger partial charge in [0.2, 0.25) is 17.7 Å². The Hall–Kier alpha value is -4.93. The maximum atomic E-state index is 14.7. The molecule has 286 valence electrons. The van der Waals surface area contributed by atoms with E-state index >= 15 is 0 Å². The first-order valence-corrected chi connectivity index (χ1v) is 19.7. The molecule has 1 aromatic heterocycles. The van der Waals surface area contributed by atoms with Crippen LogP contribution in [0.4, 0.5) is 0 Å². The molecule has 3 aliphatic heterocycles. The molecular weight excluding hydrogens is 684 g/mol. The third-order valence-electron chi connectivity index (χ3n) is 11.5. The maximum absolute atomic E-state index is 14.7. The fourth-order valence-electron chi connectivity index (χ4n) is 8.35. The first kappa shape index (κ1) is 37.4. The van der Waals surface area contributed by atoms with E-state index in [4.69, 9.17) is 19.2 Å². The van der Waals surface area contributed by atoms with Crippen molar-refractivity contribution in [3.63, 3.8) is 0 Å². The summed E-state index contributed by atoms with van der Waals surface area (Å²) in [5.41, 5.74) is 1.31. The molecule has 2 aromatic carbocycles. The maximum Gasteiger partial charge on any atom is 0.332 e. The monoisotopic (exact) mass is 736 g/mol. The summed E-state index contributed by atoms with van der Waals surface area (Å²) in [7, 11) is 1.59. The van der Waals surface area contributed by atoms with Crippen LogP contribution in [0.1, 0.15) is 77.6 Å². The summed E-state index contributed by atoms with van der Waals surface area (Å²) in [6, 6.07) is 16.6. The number of nitrogens with one attached hydrogen (secondary N) is 1. The van der Waals surface area contributed by atoms with Crippen LogP contribution < -0.4 is 14.8 Å². The molecule has 1 saturated carbocycles. The topological polar surface area (TPSA) is 127 Å². The summed E-state index contributed by atoms with van der Waals surface area (Å²) in [4.78, 5) is 64.5. The quantitative estimate of drug-likeness (QED) is 0.213. The number of methoxy groups -OCH3 is 1. The Morgan fingerprint density at radius 3 is 2.56 bits per heavy atom. The van der Waals surface area contributed by atoms with Gasteiger partial charge in [-0.3, -0.25) is 14.4 Å². The summed E-state index contributed by atoms with van der Waals surface area (Å²) in [5.74, 6) is -0.761. The summed E-state index contributed by atoms with van der Waals surface area (Å²) in [6.45, 7) is 3.52. The first-order chi connectivity index (χ1) is 26.3. The predicted octanol–water partition coefficient (Wildman–Crippen LogP) is 6.24. The lowest BCUT2D eigenvalue weighted by atomic mass is 9.94. The van der Waals surface area contributed by atoms with E-state index in [1.165, 1.54) is 0 Å². The Labute approximate surface area is 317 Å². The second-order valence-corrected chi connectivity index (χ2v) is 15.1. The lowest BCUT2D eigenvalue weighted by Gasteiger charge is -2.31. The highest BCUT2D eigenvalue weighted by molar-refractivity contribution is 5.96. The number of carbonyl (C=O) groups is 4. The zero-order chi connectivity index (χ0) is 37.7. The van der Waals surface area contributed by atoms with Crippen molar-refractivity contribution in [1.29, 1.82) is 0 Å². The van der Waals surface area contributed by atoms with E-state index in [9.17, 15) is 19.2 Å². The molecule has 3 fully saturated rings.